The molecule has 0 aromatic heterocycles. The first-order valence-electron chi connectivity index (χ1n) is 6.68. The summed E-state index contributed by atoms with van der Waals surface area (Å²) >= 11 is 0. The van der Waals surface area contributed by atoms with Crippen LogP contribution in [-0.4, -0.2) is 25.0 Å². The Hall–Kier alpha value is -0.570. The lowest BCUT2D eigenvalue weighted by molar-refractivity contribution is -0.122. The van der Waals surface area contributed by atoms with Gasteiger partial charge in [0, 0.05) is 13.9 Å². The average Bonchev–Trinajstić information content (AvgIpc) is 2.30. The van der Waals surface area contributed by atoms with Gasteiger partial charge in [0.05, 0.1) is 0 Å². The maximum Gasteiger partial charge on any atom is 0.220 e. The molecule has 3 nitrogen and oxygen atoms in total. The van der Waals surface area contributed by atoms with Gasteiger partial charge in [-0.2, -0.15) is 0 Å². The van der Waals surface area contributed by atoms with E-state index in [2.05, 4.69) is 24.5 Å². The maximum absolute atomic E-state index is 11.5. The van der Waals surface area contributed by atoms with E-state index in [1.165, 1.54) is 0 Å². The molecule has 0 aromatic carbocycles. The molecule has 98 valence electrons. The molecule has 3 heteroatoms. The summed E-state index contributed by atoms with van der Waals surface area (Å²) in [5, 5.41) is 6.38. The van der Waals surface area contributed by atoms with Gasteiger partial charge in [0.15, 0.2) is 0 Å². The van der Waals surface area contributed by atoms with Crippen LogP contribution in [0.5, 0.6) is 0 Å². The number of rotatable bonds is 4. The quantitative estimate of drug-likeness (QED) is 0.779. The third kappa shape index (κ3) is 7.69. The van der Waals surface area contributed by atoms with Crippen LogP contribution < -0.4 is 10.6 Å². The molecule has 0 saturated carbocycles. The first-order valence-corrected chi connectivity index (χ1v) is 6.68. The molecular weight excluding hydrogens is 200 g/mol. The number of nitrogens with one attached hydrogen (secondary N) is 2. The highest BCUT2D eigenvalue weighted by Crippen LogP contribution is 2.06. The molecule has 1 aliphatic rings. The standard InChI is InChI=1S/C11H22N2O.C2H6.H2/c1-9(2)3-4-11(14)13-10-5-7-12-8-6-10;1-2;/h9-10,12H,3-8H2,1-2H3,(H,13,14);1-2H3;1H. The molecule has 0 unspecified atom stereocenters. The Morgan fingerprint density at radius 2 is 1.94 bits per heavy atom. The van der Waals surface area contributed by atoms with Crippen LogP contribution in [0.2, 0.25) is 0 Å². The number of piperidine rings is 1. The van der Waals surface area contributed by atoms with Crippen LogP contribution in [0.1, 0.15) is 54.8 Å². The Balaban J connectivity index is 0. The van der Waals surface area contributed by atoms with E-state index in [4.69, 9.17) is 0 Å². The Kier molecular flexibility index (Phi) is 9.30. The van der Waals surface area contributed by atoms with Crippen molar-refractivity contribution in [3.63, 3.8) is 0 Å². The largest absolute Gasteiger partial charge is 0.353 e. The first kappa shape index (κ1) is 15.4. The minimum atomic E-state index is 0. The SMILES string of the molecule is CC.CC(C)CCC(=O)NC1CCNCC1.[HH]. The van der Waals surface area contributed by atoms with E-state index in [0.717, 1.165) is 32.4 Å². The molecule has 1 fully saturated rings. The third-order valence-electron chi connectivity index (χ3n) is 2.65. The van der Waals surface area contributed by atoms with Crippen LogP contribution in [0.4, 0.5) is 0 Å². The monoisotopic (exact) mass is 230 g/mol. The van der Waals surface area contributed by atoms with Crippen molar-refractivity contribution in [3.8, 4) is 0 Å². The molecule has 0 atom stereocenters. The number of carbonyl (C=O) groups excluding carboxylic acids is 1. The van der Waals surface area contributed by atoms with Crippen LogP contribution in [0.15, 0.2) is 0 Å². The zero-order chi connectivity index (χ0) is 12.4. The summed E-state index contributed by atoms with van der Waals surface area (Å²) in [4.78, 5) is 11.5. The van der Waals surface area contributed by atoms with Gasteiger partial charge in [0.25, 0.3) is 0 Å². The van der Waals surface area contributed by atoms with Crippen LogP contribution in [0.25, 0.3) is 0 Å². The highest BCUT2D eigenvalue weighted by Gasteiger charge is 2.14. The Morgan fingerprint density at radius 3 is 2.44 bits per heavy atom. The summed E-state index contributed by atoms with van der Waals surface area (Å²) in [5.74, 6) is 0.847. The highest BCUT2D eigenvalue weighted by atomic mass is 16.1. The van der Waals surface area contributed by atoms with E-state index in [1.54, 1.807) is 0 Å². The molecule has 1 amide bonds. The summed E-state index contributed by atoms with van der Waals surface area (Å²) in [6, 6.07) is 0.413. The van der Waals surface area contributed by atoms with Crippen molar-refractivity contribution < 1.29 is 6.22 Å². The lowest BCUT2D eigenvalue weighted by Gasteiger charge is -2.23. The highest BCUT2D eigenvalue weighted by molar-refractivity contribution is 5.76. The first-order chi connectivity index (χ1) is 7.68. The molecule has 1 heterocycles. The lowest BCUT2D eigenvalue weighted by atomic mass is 10.1. The van der Waals surface area contributed by atoms with Gasteiger partial charge in [-0.05, 0) is 38.3 Å². The second-order valence-electron chi connectivity index (χ2n) is 4.52. The van der Waals surface area contributed by atoms with Crippen LogP contribution >= 0.6 is 0 Å². The molecule has 0 bridgehead atoms. The third-order valence-corrected chi connectivity index (χ3v) is 2.65. The van der Waals surface area contributed by atoms with Crippen LogP contribution in [0.3, 0.4) is 0 Å². The van der Waals surface area contributed by atoms with Crippen molar-refractivity contribution in [2.75, 3.05) is 13.1 Å². The van der Waals surface area contributed by atoms with E-state index >= 15 is 0 Å². The van der Waals surface area contributed by atoms with E-state index in [-0.39, 0.29) is 7.33 Å². The minimum absolute atomic E-state index is 0. The van der Waals surface area contributed by atoms with Crippen molar-refractivity contribution in [2.24, 2.45) is 5.92 Å². The molecule has 1 rings (SSSR count). The fraction of sp³-hybridized carbons (Fsp3) is 0.923. The molecule has 0 aromatic rings. The van der Waals surface area contributed by atoms with Crippen molar-refractivity contribution in [1.29, 1.82) is 0 Å². The summed E-state index contributed by atoms with van der Waals surface area (Å²) in [5.41, 5.74) is 0. The Bertz CT molecular complexity index is 180. The van der Waals surface area contributed by atoms with Crippen molar-refractivity contribution in [1.82, 2.24) is 10.6 Å². The van der Waals surface area contributed by atoms with Gasteiger partial charge < -0.3 is 10.6 Å². The molecular formula is C13H30N2O. The summed E-state index contributed by atoms with van der Waals surface area (Å²) in [6.45, 7) is 10.4. The van der Waals surface area contributed by atoms with Crippen molar-refractivity contribution in [3.05, 3.63) is 0 Å². The molecule has 0 aliphatic carbocycles. The smallest absolute Gasteiger partial charge is 0.220 e. The van der Waals surface area contributed by atoms with Crippen LogP contribution in [0, 0.1) is 5.92 Å². The topological polar surface area (TPSA) is 41.1 Å². The fourth-order valence-corrected chi connectivity index (χ4v) is 1.69. The predicted octanol–water partition coefficient (Wildman–Crippen LogP) is 2.56. The van der Waals surface area contributed by atoms with Crippen molar-refractivity contribution >= 4 is 5.91 Å². The zero-order valence-electron chi connectivity index (χ0n) is 11.3. The predicted molar refractivity (Wildman–Crippen MR) is 71.6 cm³/mol. The lowest BCUT2D eigenvalue weighted by Crippen LogP contribution is -2.42. The van der Waals surface area contributed by atoms with Gasteiger partial charge in [-0.15, -0.1) is 0 Å². The average molecular weight is 230 g/mol. The Morgan fingerprint density at radius 1 is 1.38 bits per heavy atom. The van der Waals surface area contributed by atoms with Gasteiger partial charge in [-0.25, -0.2) is 0 Å². The van der Waals surface area contributed by atoms with E-state index in [9.17, 15) is 4.79 Å². The number of carbonyl (C=O) groups is 1. The van der Waals surface area contributed by atoms with Gasteiger partial charge in [-0.3, -0.25) is 4.79 Å². The Labute approximate surface area is 102 Å². The minimum Gasteiger partial charge on any atom is -0.353 e. The van der Waals surface area contributed by atoms with Gasteiger partial charge in [-0.1, -0.05) is 27.7 Å². The van der Waals surface area contributed by atoms with E-state index < -0.39 is 0 Å². The second kappa shape index (κ2) is 9.64. The maximum atomic E-state index is 11.5. The van der Waals surface area contributed by atoms with Gasteiger partial charge in [0.1, 0.15) is 0 Å². The summed E-state index contributed by atoms with van der Waals surface area (Å²) in [7, 11) is 0. The van der Waals surface area contributed by atoms with Crippen LogP contribution in [-0.2, 0) is 4.79 Å². The normalized spacial score (nSPS) is 16.6. The molecule has 0 spiro atoms. The van der Waals surface area contributed by atoms with Gasteiger partial charge >= 0.3 is 0 Å². The molecule has 16 heavy (non-hydrogen) atoms. The van der Waals surface area contributed by atoms with Gasteiger partial charge in [0.2, 0.25) is 5.91 Å². The van der Waals surface area contributed by atoms with Crippen molar-refractivity contribution in [2.45, 2.75) is 59.4 Å². The molecule has 2 N–H and O–H groups in total. The fourth-order valence-electron chi connectivity index (χ4n) is 1.69. The molecule has 1 saturated heterocycles. The second-order valence-corrected chi connectivity index (χ2v) is 4.52. The number of hydrogen-bond acceptors (Lipinski definition) is 2. The number of hydrogen-bond donors (Lipinski definition) is 2. The van der Waals surface area contributed by atoms with E-state index in [1.807, 2.05) is 13.8 Å². The molecule has 0 radical (unpaired) electrons. The molecule has 1 aliphatic heterocycles. The number of amides is 1. The summed E-state index contributed by atoms with van der Waals surface area (Å²) in [6.07, 6.45) is 3.83. The zero-order valence-corrected chi connectivity index (χ0v) is 11.3. The summed E-state index contributed by atoms with van der Waals surface area (Å²) < 4.78 is 0. The van der Waals surface area contributed by atoms with E-state index in [0.29, 0.717) is 18.4 Å².